The number of nitrogens with zero attached hydrogens (tertiary/aromatic N) is 1. The van der Waals surface area contributed by atoms with E-state index in [1.54, 1.807) is 0 Å². The molecule has 0 atom stereocenters. The predicted octanol–water partition coefficient (Wildman–Crippen LogP) is 5.33. The molecule has 174 valence electrons. The summed E-state index contributed by atoms with van der Waals surface area (Å²) in [5.41, 5.74) is 8.72. The number of carboxylic acid groups (broad SMARTS) is 1. The minimum Gasteiger partial charge on any atom is -0.478 e. The number of aromatic carboxylic acids is 1. The van der Waals surface area contributed by atoms with E-state index >= 15 is 0 Å². The number of carbonyl (C=O) groups excluding carboxylic acids is 2. The van der Waals surface area contributed by atoms with Crippen LogP contribution in [0.5, 0.6) is 0 Å². The zero-order valence-electron chi connectivity index (χ0n) is 18.5. The maximum atomic E-state index is 13.3. The van der Waals surface area contributed by atoms with E-state index in [1.807, 2.05) is 60.7 Å². The van der Waals surface area contributed by atoms with Crippen molar-refractivity contribution in [2.45, 2.75) is 6.54 Å². The molecular weight excluding hydrogens is 462 g/mol. The van der Waals surface area contributed by atoms with Gasteiger partial charge in [0.1, 0.15) is 5.00 Å². The molecule has 0 spiro atoms. The van der Waals surface area contributed by atoms with Crippen molar-refractivity contribution in [2.24, 2.45) is 10.7 Å². The first-order valence-corrected chi connectivity index (χ1v) is 11.4. The molecule has 4 aromatic rings. The first-order valence-electron chi connectivity index (χ1n) is 10.6. The highest BCUT2D eigenvalue weighted by atomic mass is 32.1. The number of rotatable bonds is 8. The minimum atomic E-state index is -1.22. The van der Waals surface area contributed by atoms with Crippen molar-refractivity contribution >= 4 is 40.8 Å². The molecule has 1 aromatic heterocycles. The smallest absolute Gasteiger partial charge is 0.335 e. The van der Waals surface area contributed by atoms with Crippen LogP contribution in [0, 0.1) is 0 Å². The molecule has 0 unspecified atom stereocenters. The van der Waals surface area contributed by atoms with Gasteiger partial charge in [0.25, 0.3) is 5.91 Å². The van der Waals surface area contributed by atoms with Crippen LogP contribution in [0.3, 0.4) is 0 Å². The molecule has 3 aromatic carbocycles. The second kappa shape index (κ2) is 10.1. The van der Waals surface area contributed by atoms with Crippen LogP contribution < -0.4 is 11.1 Å². The molecule has 0 fully saturated rings. The summed E-state index contributed by atoms with van der Waals surface area (Å²) in [4.78, 5) is 41.7. The number of anilines is 1. The van der Waals surface area contributed by atoms with Crippen LogP contribution in [0.2, 0.25) is 0 Å². The van der Waals surface area contributed by atoms with Gasteiger partial charge in [-0.05, 0) is 36.0 Å². The SMILES string of the molecule is C=NCc1c(NC(=O)c2cc(C(=O)O)ccc2C(N)=O)sc(-c2ccccc2)c1-c1ccccc1. The van der Waals surface area contributed by atoms with E-state index in [-0.39, 0.29) is 23.2 Å². The van der Waals surface area contributed by atoms with Crippen LogP contribution >= 0.6 is 11.3 Å². The lowest BCUT2D eigenvalue weighted by molar-refractivity contribution is 0.0696. The van der Waals surface area contributed by atoms with Crippen molar-refractivity contribution in [3.8, 4) is 21.6 Å². The summed E-state index contributed by atoms with van der Waals surface area (Å²) in [6.07, 6.45) is 0. The largest absolute Gasteiger partial charge is 0.478 e. The molecule has 0 saturated carbocycles. The van der Waals surface area contributed by atoms with E-state index in [1.165, 1.54) is 23.5 Å². The van der Waals surface area contributed by atoms with Crippen LogP contribution in [0.15, 0.2) is 83.9 Å². The van der Waals surface area contributed by atoms with Crippen LogP contribution in [0.4, 0.5) is 5.00 Å². The number of hydrogen-bond acceptors (Lipinski definition) is 5. The highest BCUT2D eigenvalue weighted by Gasteiger charge is 2.24. The Labute approximate surface area is 205 Å². The van der Waals surface area contributed by atoms with Crippen LogP contribution in [-0.4, -0.2) is 29.6 Å². The lowest BCUT2D eigenvalue weighted by Gasteiger charge is -2.10. The first kappa shape index (κ1) is 23.6. The number of primary amides is 1. The van der Waals surface area contributed by atoms with E-state index in [0.717, 1.165) is 33.2 Å². The Kier molecular flexibility index (Phi) is 6.84. The second-order valence-electron chi connectivity index (χ2n) is 7.61. The molecule has 1 heterocycles. The highest BCUT2D eigenvalue weighted by Crippen LogP contribution is 2.46. The molecule has 0 aliphatic heterocycles. The molecule has 0 bridgehead atoms. The highest BCUT2D eigenvalue weighted by molar-refractivity contribution is 7.20. The number of amides is 2. The number of hydrogen-bond donors (Lipinski definition) is 3. The van der Waals surface area contributed by atoms with Gasteiger partial charge in [0, 0.05) is 16.0 Å². The number of aliphatic imine (C=N–C) groups is 1. The van der Waals surface area contributed by atoms with E-state index < -0.39 is 17.8 Å². The summed E-state index contributed by atoms with van der Waals surface area (Å²) in [6.45, 7) is 3.87. The lowest BCUT2D eigenvalue weighted by Crippen LogP contribution is -2.21. The van der Waals surface area contributed by atoms with Crippen molar-refractivity contribution in [1.29, 1.82) is 0 Å². The van der Waals surface area contributed by atoms with Gasteiger partial charge in [-0.1, -0.05) is 60.7 Å². The van der Waals surface area contributed by atoms with Gasteiger partial charge >= 0.3 is 5.97 Å². The summed E-state index contributed by atoms with van der Waals surface area (Å²) < 4.78 is 0. The van der Waals surface area contributed by atoms with Gasteiger partial charge in [-0.15, -0.1) is 11.3 Å². The van der Waals surface area contributed by atoms with Crippen molar-refractivity contribution in [1.82, 2.24) is 0 Å². The van der Waals surface area contributed by atoms with E-state index in [0.29, 0.717) is 5.00 Å². The molecule has 35 heavy (non-hydrogen) atoms. The fourth-order valence-corrected chi connectivity index (χ4v) is 5.02. The van der Waals surface area contributed by atoms with Gasteiger partial charge in [-0.2, -0.15) is 0 Å². The average Bonchev–Trinajstić information content (AvgIpc) is 3.22. The monoisotopic (exact) mass is 483 g/mol. The molecule has 0 aliphatic rings. The molecule has 7 nitrogen and oxygen atoms in total. The lowest BCUT2D eigenvalue weighted by atomic mass is 9.98. The van der Waals surface area contributed by atoms with E-state index in [4.69, 9.17) is 5.73 Å². The number of carbonyl (C=O) groups is 3. The summed E-state index contributed by atoms with van der Waals surface area (Å²) >= 11 is 1.37. The molecule has 4 N–H and O–H groups in total. The van der Waals surface area contributed by atoms with Gasteiger partial charge < -0.3 is 16.2 Å². The molecule has 4 rings (SSSR count). The summed E-state index contributed by atoms with van der Waals surface area (Å²) in [6, 6.07) is 23.1. The van der Waals surface area contributed by atoms with Crippen molar-refractivity contribution in [3.63, 3.8) is 0 Å². The Balaban J connectivity index is 1.87. The predicted molar refractivity (Wildman–Crippen MR) is 138 cm³/mol. The summed E-state index contributed by atoms with van der Waals surface area (Å²) in [5, 5.41) is 12.7. The Morgan fingerprint density at radius 3 is 2.11 bits per heavy atom. The maximum absolute atomic E-state index is 13.3. The quantitative estimate of drug-likeness (QED) is 0.293. The average molecular weight is 484 g/mol. The van der Waals surface area contributed by atoms with Crippen molar-refractivity contribution < 1.29 is 19.5 Å². The fraction of sp³-hybridized carbons (Fsp3) is 0.0370. The number of nitrogens with one attached hydrogen (secondary N) is 1. The molecular formula is C27H21N3O4S. The maximum Gasteiger partial charge on any atom is 0.335 e. The Morgan fingerprint density at radius 2 is 1.54 bits per heavy atom. The van der Waals surface area contributed by atoms with E-state index in [9.17, 15) is 19.5 Å². The molecule has 0 saturated heterocycles. The normalized spacial score (nSPS) is 10.5. The third kappa shape index (κ3) is 4.87. The minimum absolute atomic E-state index is 0.0704. The van der Waals surface area contributed by atoms with Gasteiger partial charge in [0.2, 0.25) is 5.91 Å². The fourth-order valence-electron chi connectivity index (χ4n) is 3.78. The van der Waals surface area contributed by atoms with E-state index in [2.05, 4.69) is 17.0 Å². The summed E-state index contributed by atoms with van der Waals surface area (Å²) in [7, 11) is 0. The number of carboxylic acids is 1. The molecule has 0 radical (unpaired) electrons. The van der Waals surface area contributed by atoms with Crippen LogP contribution in [0.1, 0.15) is 36.6 Å². The van der Waals surface area contributed by atoms with Crippen molar-refractivity contribution in [3.05, 3.63) is 101 Å². The molecule has 8 heteroatoms. The number of nitrogens with two attached hydrogens (primary N) is 1. The van der Waals surface area contributed by atoms with Crippen LogP contribution in [-0.2, 0) is 6.54 Å². The third-order valence-corrected chi connectivity index (χ3v) is 6.58. The Bertz CT molecular complexity index is 1430. The summed E-state index contributed by atoms with van der Waals surface area (Å²) in [5.74, 6) is -2.70. The first-order chi connectivity index (χ1) is 16.9. The van der Waals surface area contributed by atoms with Gasteiger partial charge in [0.05, 0.1) is 23.2 Å². The molecule has 0 aliphatic carbocycles. The third-order valence-electron chi connectivity index (χ3n) is 5.38. The Morgan fingerprint density at radius 1 is 0.914 bits per heavy atom. The number of thiophene rings is 1. The standard InChI is InChI=1S/C27H21N3O4S/c1-29-15-21-22(16-8-4-2-5-9-16)23(17-10-6-3-7-11-17)35-26(21)30-25(32)20-14-18(27(33)34)12-13-19(20)24(28)31/h2-14H,1,15H2,(H2,28,31)(H,30,32)(H,33,34). The van der Waals surface area contributed by atoms with Crippen molar-refractivity contribution in [2.75, 3.05) is 5.32 Å². The zero-order chi connectivity index (χ0) is 24.9. The van der Waals surface area contributed by atoms with Crippen LogP contribution in [0.25, 0.3) is 21.6 Å². The Hall–Kier alpha value is -4.56. The van der Waals surface area contributed by atoms with Gasteiger partial charge in [0.15, 0.2) is 0 Å². The topological polar surface area (TPSA) is 122 Å². The molecule has 2 amide bonds. The number of benzene rings is 3. The second-order valence-corrected chi connectivity index (χ2v) is 8.63. The zero-order valence-corrected chi connectivity index (χ0v) is 19.3. The van der Waals surface area contributed by atoms with Gasteiger partial charge in [-0.25, -0.2) is 4.79 Å². The van der Waals surface area contributed by atoms with Gasteiger partial charge in [-0.3, -0.25) is 14.6 Å².